The van der Waals surface area contributed by atoms with Crippen molar-refractivity contribution in [2.75, 3.05) is 0 Å². The van der Waals surface area contributed by atoms with Crippen LogP contribution in [0.1, 0.15) is 111 Å². The first kappa shape index (κ1) is 23.1. The average molecular weight is 421 g/mol. The van der Waals surface area contributed by atoms with E-state index in [1.165, 1.54) is 38.5 Å². The summed E-state index contributed by atoms with van der Waals surface area (Å²) < 4.78 is 0. The number of hydrogen-bond donors (Lipinski definition) is 3. The van der Waals surface area contributed by atoms with E-state index in [1.807, 2.05) is 0 Å². The highest BCUT2D eigenvalue weighted by atomic mass is 16.3. The summed E-state index contributed by atoms with van der Waals surface area (Å²) in [6.45, 7) is 9.29. The zero-order chi connectivity index (χ0) is 21.7. The summed E-state index contributed by atoms with van der Waals surface area (Å²) in [7, 11) is 0. The van der Waals surface area contributed by atoms with E-state index in [0.29, 0.717) is 23.7 Å². The summed E-state index contributed by atoms with van der Waals surface area (Å²) in [5, 5.41) is 33.0. The molecule has 4 saturated carbocycles. The van der Waals surface area contributed by atoms with Crippen LogP contribution < -0.4 is 0 Å². The minimum Gasteiger partial charge on any atom is -0.393 e. The lowest BCUT2D eigenvalue weighted by atomic mass is 9.43. The highest BCUT2D eigenvalue weighted by Crippen LogP contribution is 2.68. The largest absolute Gasteiger partial charge is 0.393 e. The van der Waals surface area contributed by atoms with Crippen LogP contribution in [0.15, 0.2) is 0 Å². The quantitative estimate of drug-likeness (QED) is 0.483. The Morgan fingerprint density at radius 1 is 0.833 bits per heavy atom. The summed E-state index contributed by atoms with van der Waals surface area (Å²) in [6, 6.07) is 0. The van der Waals surface area contributed by atoms with Crippen LogP contribution in [0.25, 0.3) is 0 Å². The molecule has 0 aliphatic heterocycles. The Labute approximate surface area is 185 Å². The van der Waals surface area contributed by atoms with E-state index in [1.54, 1.807) is 0 Å². The molecule has 0 bridgehead atoms. The molecule has 174 valence electrons. The van der Waals surface area contributed by atoms with Crippen LogP contribution in [0.4, 0.5) is 0 Å². The van der Waals surface area contributed by atoms with Crippen molar-refractivity contribution in [2.45, 2.75) is 129 Å². The van der Waals surface area contributed by atoms with Crippen LogP contribution in [0, 0.1) is 40.4 Å². The number of rotatable bonds is 6. The second kappa shape index (κ2) is 8.34. The fourth-order valence-corrected chi connectivity index (χ4v) is 9.38. The Kier molecular flexibility index (Phi) is 6.41. The molecule has 0 amide bonds. The van der Waals surface area contributed by atoms with Crippen molar-refractivity contribution < 1.29 is 15.3 Å². The van der Waals surface area contributed by atoms with Crippen LogP contribution in [0.3, 0.4) is 0 Å². The van der Waals surface area contributed by atoms with Crippen LogP contribution in [0.5, 0.6) is 0 Å². The molecule has 3 heteroatoms. The molecule has 4 unspecified atom stereocenters. The molecular weight excluding hydrogens is 372 g/mol. The molecule has 0 spiro atoms. The predicted molar refractivity (Wildman–Crippen MR) is 122 cm³/mol. The van der Waals surface area contributed by atoms with E-state index in [4.69, 9.17) is 0 Å². The van der Waals surface area contributed by atoms with Gasteiger partial charge in [0, 0.05) is 0 Å². The Morgan fingerprint density at radius 2 is 1.53 bits per heavy atom. The second-order valence-corrected chi connectivity index (χ2v) is 12.6. The maximum Gasteiger partial charge on any atom is 0.0653 e. The summed E-state index contributed by atoms with van der Waals surface area (Å²) in [6.07, 6.45) is 13.9. The van der Waals surface area contributed by atoms with Crippen LogP contribution in [-0.2, 0) is 0 Å². The highest BCUT2D eigenvalue weighted by Gasteiger charge is 2.63. The molecule has 4 aliphatic rings. The molecule has 0 heterocycles. The second-order valence-electron chi connectivity index (χ2n) is 12.6. The first-order chi connectivity index (χ1) is 14.1. The van der Waals surface area contributed by atoms with Gasteiger partial charge in [-0.25, -0.2) is 0 Å². The number of hydrogen-bond acceptors (Lipinski definition) is 3. The third kappa shape index (κ3) is 3.69. The molecule has 0 aromatic rings. The Bertz CT molecular complexity index is 603. The Morgan fingerprint density at radius 3 is 2.27 bits per heavy atom. The first-order valence-corrected chi connectivity index (χ1v) is 13.2. The van der Waals surface area contributed by atoms with Crippen molar-refractivity contribution in [3.05, 3.63) is 0 Å². The fourth-order valence-electron chi connectivity index (χ4n) is 9.38. The van der Waals surface area contributed by atoms with Gasteiger partial charge in [0.1, 0.15) is 0 Å². The summed E-state index contributed by atoms with van der Waals surface area (Å²) >= 11 is 0. The lowest BCUT2D eigenvalue weighted by Crippen LogP contribution is -2.59. The Hall–Kier alpha value is -0.120. The van der Waals surface area contributed by atoms with E-state index in [9.17, 15) is 15.3 Å². The van der Waals surface area contributed by atoms with Gasteiger partial charge in [-0.1, -0.05) is 46.5 Å². The molecule has 0 radical (unpaired) electrons. The van der Waals surface area contributed by atoms with Crippen molar-refractivity contribution in [1.29, 1.82) is 0 Å². The van der Waals surface area contributed by atoms with Crippen molar-refractivity contribution in [3.8, 4) is 0 Å². The predicted octanol–water partition coefficient (Wildman–Crippen LogP) is 5.70. The van der Waals surface area contributed by atoms with Gasteiger partial charge in [0.25, 0.3) is 0 Å². The van der Waals surface area contributed by atoms with E-state index in [0.717, 1.165) is 44.9 Å². The SMILES string of the molecule is CCCCCC[C@](C)(O)[C@H]1CCC2C3C[C@H](O)C4C[C@@H](O)CC[C@]4(C)C3CC[C@@]21C. The standard InChI is InChI=1S/C27H48O3/c1-5-6-7-8-13-27(4,30)24-10-9-20-19-17-23(29)22-16-18(28)11-14-25(22,2)21(19)12-15-26(20,24)3/h18-24,28-30H,5-17H2,1-4H3/t18-,19?,20?,21?,22?,23-,24-,25+,26-,27-/m0/s1. The van der Waals surface area contributed by atoms with Crippen LogP contribution in [-0.4, -0.2) is 33.1 Å². The molecule has 4 aliphatic carbocycles. The lowest BCUT2D eigenvalue weighted by Gasteiger charge is -2.62. The summed E-state index contributed by atoms with van der Waals surface area (Å²) in [5.74, 6) is 2.59. The summed E-state index contributed by atoms with van der Waals surface area (Å²) in [4.78, 5) is 0. The third-order valence-electron chi connectivity index (χ3n) is 10.9. The molecule has 10 atom stereocenters. The minimum absolute atomic E-state index is 0.184. The van der Waals surface area contributed by atoms with E-state index >= 15 is 0 Å². The van der Waals surface area contributed by atoms with Crippen molar-refractivity contribution in [3.63, 3.8) is 0 Å². The minimum atomic E-state index is -0.557. The van der Waals surface area contributed by atoms with Gasteiger partial charge < -0.3 is 15.3 Å². The molecule has 0 aromatic carbocycles. The van der Waals surface area contributed by atoms with Gasteiger partial charge in [0.15, 0.2) is 0 Å². The third-order valence-corrected chi connectivity index (χ3v) is 10.9. The molecular formula is C27H48O3. The number of aliphatic hydroxyl groups excluding tert-OH is 2. The molecule has 30 heavy (non-hydrogen) atoms. The maximum absolute atomic E-state index is 11.6. The van der Waals surface area contributed by atoms with Gasteiger partial charge in [0.2, 0.25) is 0 Å². The van der Waals surface area contributed by atoms with E-state index in [2.05, 4.69) is 27.7 Å². The van der Waals surface area contributed by atoms with Crippen LogP contribution in [0.2, 0.25) is 0 Å². The van der Waals surface area contributed by atoms with Crippen molar-refractivity contribution >= 4 is 0 Å². The van der Waals surface area contributed by atoms with E-state index < -0.39 is 5.60 Å². The van der Waals surface area contributed by atoms with Gasteiger partial charge in [-0.05, 0) is 105 Å². The van der Waals surface area contributed by atoms with Crippen molar-refractivity contribution in [2.24, 2.45) is 40.4 Å². The zero-order valence-electron chi connectivity index (χ0n) is 20.1. The highest BCUT2D eigenvalue weighted by molar-refractivity contribution is 5.13. The smallest absolute Gasteiger partial charge is 0.0653 e. The van der Waals surface area contributed by atoms with Gasteiger partial charge in [-0.3, -0.25) is 0 Å². The molecule has 3 nitrogen and oxygen atoms in total. The average Bonchev–Trinajstić information content (AvgIpc) is 3.05. The molecule has 4 rings (SSSR count). The number of fused-ring (bicyclic) bond motifs is 5. The van der Waals surface area contributed by atoms with Gasteiger partial charge >= 0.3 is 0 Å². The molecule has 0 saturated heterocycles. The normalized spacial score (nSPS) is 50.3. The number of aliphatic hydroxyl groups is 3. The molecule has 3 N–H and O–H groups in total. The molecule has 4 fully saturated rings. The van der Waals surface area contributed by atoms with Gasteiger partial charge in [-0.2, -0.15) is 0 Å². The first-order valence-electron chi connectivity index (χ1n) is 13.2. The summed E-state index contributed by atoms with van der Waals surface area (Å²) in [5.41, 5.74) is -0.158. The van der Waals surface area contributed by atoms with Gasteiger partial charge in [-0.15, -0.1) is 0 Å². The maximum atomic E-state index is 11.6. The van der Waals surface area contributed by atoms with Crippen molar-refractivity contribution in [1.82, 2.24) is 0 Å². The fraction of sp³-hybridized carbons (Fsp3) is 1.00. The molecule has 0 aromatic heterocycles. The zero-order valence-corrected chi connectivity index (χ0v) is 20.1. The van der Waals surface area contributed by atoms with E-state index in [-0.39, 0.29) is 29.0 Å². The van der Waals surface area contributed by atoms with Crippen LogP contribution >= 0.6 is 0 Å². The van der Waals surface area contributed by atoms with Gasteiger partial charge in [0.05, 0.1) is 17.8 Å². The monoisotopic (exact) mass is 420 g/mol. The Balaban J connectivity index is 1.52. The number of unbranched alkanes of at least 4 members (excludes halogenated alkanes) is 3. The lowest BCUT2D eigenvalue weighted by molar-refractivity contribution is -0.179. The topological polar surface area (TPSA) is 60.7 Å².